The van der Waals surface area contributed by atoms with Crippen molar-refractivity contribution in [3.8, 4) is 0 Å². The highest BCUT2D eigenvalue weighted by Gasteiger charge is 2.49. The number of ether oxygens (including phenoxy) is 4. The van der Waals surface area contributed by atoms with Gasteiger partial charge in [-0.05, 0) is 6.92 Å². The Morgan fingerprint density at radius 2 is 1.56 bits per heavy atom. The first-order valence-electron chi connectivity index (χ1n) is 8.05. The summed E-state index contributed by atoms with van der Waals surface area (Å²) in [6, 6.07) is 0. The van der Waals surface area contributed by atoms with Gasteiger partial charge in [0.25, 0.3) is 0 Å². The molecule has 2 saturated heterocycles. The number of rotatable bonds is 6. The molecule has 6 N–H and O–H groups in total. The van der Waals surface area contributed by atoms with Crippen molar-refractivity contribution in [1.82, 2.24) is 0 Å². The molecule has 0 saturated carbocycles. The second kappa shape index (κ2) is 9.24. The first-order valence-corrected chi connectivity index (χ1v) is 8.56. The molecule has 0 aliphatic carbocycles. The summed E-state index contributed by atoms with van der Waals surface area (Å²) in [5.74, 6) is 0. The molecule has 2 aliphatic heterocycles. The normalized spacial score (nSPS) is 48.5. The number of aliphatic hydroxyl groups excluding tert-OH is 6. The third-order valence-corrected chi connectivity index (χ3v) is 4.71. The fourth-order valence-electron chi connectivity index (χ4n) is 2.79. The summed E-state index contributed by atoms with van der Waals surface area (Å²) in [6.45, 7) is 1.56. The summed E-state index contributed by atoms with van der Waals surface area (Å²) in [4.78, 5) is 0. The highest BCUT2D eigenvalue weighted by Crippen LogP contribution is 2.30. The fourth-order valence-corrected chi connectivity index (χ4v) is 3.12. The van der Waals surface area contributed by atoms with Crippen LogP contribution in [0.3, 0.4) is 0 Å². The Morgan fingerprint density at radius 1 is 0.880 bits per heavy atom. The van der Waals surface area contributed by atoms with Gasteiger partial charge in [0.2, 0.25) is 0 Å². The molecule has 10 atom stereocenters. The third kappa shape index (κ3) is 4.62. The van der Waals surface area contributed by atoms with Crippen molar-refractivity contribution in [2.45, 2.75) is 67.5 Å². The molecule has 0 unspecified atom stereocenters. The summed E-state index contributed by atoms with van der Waals surface area (Å²) in [5.41, 5.74) is -0.963. The molecule has 0 amide bonds. The van der Waals surface area contributed by atoms with Gasteiger partial charge in [0.15, 0.2) is 6.29 Å². The molecule has 0 bridgehead atoms. The molecule has 2 aliphatic rings. The van der Waals surface area contributed by atoms with Gasteiger partial charge in [-0.1, -0.05) is 0 Å². The van der Waals surface area contributed by atoms with E-state index in [9.17, 15) is 30.6 Å². The lowest BCUT2D eigenvalue weighted by Crippen LogP contribution is -2.64. The van der Waals surface area contributed by atoms with Crippen LogP contribution in [0.15, 0.2) is 0 Å². The lowest BCUT2D eigenvalue weighted by atomic mass is 9.97. The summed E-state index contributed by atoms with van der Waals surface area (Å²) in [5, 5.41) is 59.1. The molecule has 2 heterocycles. The van der Waals surface area contributed by atoms with Gasteiger partial charge >= 0.3 is 0 Å². The molecule has 148 valence electrons. The molecule has 0 aromatic rings. The minimum absolute atomic E-state index is 0.0272. The van der Waals surface area contributed by atoms with Gasteiger partial charge < -0.3 is 49.6 Å². The van der Waals surface area contributed by atoms with Crippen molar-refractivity contribution < 1.29 is 49.6 Å². The zero-order chi connectivity index (χ0) is 18.7. The van der Waals surface area contributed by atoms with Crippen molar-refractivity contribution in [3.05, 3.63) is 0 Å². The van der Waals surface area contributed by atoms with Crippen LogP contribution in [0.5, 0.6) is 0 Å². The van der Waals surface area contributed by atoms with E-state index in [-0.39, 0.29) is 6.61 Å². The van der Waals surface area contributed by atoms with E-state index in [0.29, 0.717) is 6.61 Å². The monoisotopic (exact) mass is 386 g/mol. The topological polar surface area (TPSA) is 158 Å². The Balaban J connectivity index is 2.12. The van der Waals surface area contributed by atoms with E-state index in [2.05, 4.69) is 12.6 Å². The molecule has 25 heavy (non-hydrogen) atoms. The molecule has 0 aromatic carbocycles. The van der Waals surface area contributed by atoms with E-state index in [4.69, 9.17) is 18.9 Å². The van der Waals surface area contributed by atoms with Crippen molar-refractivity contribution >= 4 is 12.6 Å². The van der Waals surface area contributed by atoms with Gasteiger partial charge in [-0.25, -0.2) is 0 Å². The second-order valence-corrected chi connectivity index (χ2v) is 6.51. The van der Waals surface area contributed by atoms with Gasteiger partial charge in [-0.2, -0.15) is 0 Å². The van der Waals surface area contributed by atoms with Crippen LogP contribution >= 0.6 is 12.6 Å². The number of thiol groups is 1. The minimum Gasteiger partial charge on any atom is -0.394 e. The fraction of sp³-hybridized carbons (Fsp3) is 1.00. The van der Waals surface area contributed by atoms with Crippen molar-refractivity contribution in [2.24, 2.45) is 0 Å². The third-order valence-electron chi connectivity index (χ3n) is 4.29. The first kappa shape index (κ1) is 21.3. The Kier molecular flexibility index (Phi) is 7.85. The zero-order valence-electron chi connectivity index (χ0n) is 13.7. The Morgan fingerprint density at radius 3 is 2.16 bits per heavy atom. The highest BCUT2D eigenvalue weighted by atomic mass is 32.1. The maximum Gasteiger partial charge on any atom is 0.187 e. The lowest BCUT2D eigenvalue weighted by molar-refractivity contribution is -0.338. The molecular formula is C14H26O10S. The Hall–Kier alpha value is -0.0500. The molecule has 2 rings (SSSR count). The van der Waals surface area contributed by atoms with E-state index >= 15 is 0 Å². The molecule has 11 heteroatoms. The van der Waals surface area contributed by atoms with Gasteiger partial charge in [0, 0.05) is 6.61 Å². The van der Waals surface area contributed by atoms with E-state index in [1.807, 2.05) is 0 Å². The summed E-state index contributed by atoms with van der Waals surface area (Å²) < 4.78 is 21.5. The zero-order valence-corrected chi connectivity index (χ0v) is 14.6. The van der Waals surface area contributed by atoms with Gasteiger partial charge in [0.05, 0.1) is 13.2 Å². The van der Waals surface area contributed by atoms with Gasteiger partial charge in [-0.15, -0.1) is 12.6 Å². The molecule has 0 spiro atoms. The highest BCUT2D eigenvalue weighted by molar-refractivity contribution is 7.80. The van der Waals surface area contributed by atoms with Crippen molar-refractivity contribution in [3.63, 3.8) is 0 Å². The van der Waals surface area contributed by atoms with E-state index in [1.165, 1.54) is 0 Å². The predicted molar refractivity (Wildman–Crippen MR) is 84.8 cm³/mol. The Bertz CT molecular complexity index is 413. The van der Waals surface area contributed by atoms with Crippen molar-refractivity contribution in [1.29, 1.82) is 0 Å². The number of hydrogen-bond donors (Lipinski definition) is 7. The van der Waals surface area contributed by atoms with Crippen molar-refractivity contribution in [2.75, 3.05) is 19.8 Å². The predicted octanol–water partition coefficient (Wildman–Crippen LogP) is -3.42. The summed E-state index contributed by atoms with van der Waals surface area (Å²) in [7, 11) is 0. The van der Waals surface area contributed by atoms with Crippen LogP contribution in [-0.4, -0.2) is 111 Å². The number of hydrogen-bond acceptors (Lipinski definition) is 11. The van der Waals surface area contributed by atoms with Crippen LogP contribution < -0.4 is 0 Å². The molecule has 10 nitrogen and oxygen atoms in total. The number of aliphatic hydroxyl groups is 6. The summed E-state index contributed by atoms with van der Waals surface area (Å²) in [6.07, 6.45) is -12.2. The lowest BCUT2D eigenvalue weighted by Gasteiger charge is -2.45. The van der Waals surface area contributed by atoms with Crippen LogP contribution in [0.2, 0.25) is 0 Å². The van der Waals surface area contributed by atoms with Crippen LogP contribution in [0, 0.1) is 0 Å². The van der Waals surface area contributed by atoms with Crippen LogP contribution in [0.4, 0.5) is 0 Å². The van der Waals surface area contributed by atoms with Crippen LogP contribution in [0.1, 0.15) is 6.92 Å². The second-order valence-electron chi connectivity index (χ2n) is 6.00. The van der Waals surface area contributed by atoms with Gasteiger partial charge in [-0.3, -0.25) is 0 Å². The van der Waals surface area contributed by atoms with E-state index < -0.39 is 67.2 Å². The summed E-state index contributed by atoms with van der Waals surface area (Å²) >= 11 is 4.05. The first-order chi connectivity index (χ1) is 11.8. The molecular weight excluding hydrogens is 360 g/mol. The van der Waals surface area contributed by atoms with Crippen LogP contribution in [-0.2, 0) is 18.9 Å². The van der Waals surface area contributed by atoms with E-state index in [0.717, 1.165) is 0 Å². The minimum atomic E-state index is -1.64. The van der Waals surface area contributed by atoms with E-state index in [1.54, 1.807) is 6.92 Å². The van der Waals surface area contributed by atoms with Gasteiger partial charge in [0.1, 0.15) is 54.3 Å². The molecule has 0 aromatic heterocycles. The smallest absolute Gasteiger partial charge is 0.187 e. The Labute approximate surface area is 150 Å². The standard InChI is InChI=1S/C14H26O10S/c1-2-21-4-6-12(9(18)11(20)14(25)23-6)24-13-10(19)8(17)7(16)5(3-15)22-13/h5-20,25H,2-4H2,1H3/t5-,6-,7+,8+,9-,10-,11-,12-,13+,14+/m1/s1. The largest absolute Gasteiger partial charge is 0.394 e. The quantitative estimate of drug-likeness (QED) is 0.229. The maximum absolute atomic E-state index is 10.3. The molecule has 2 fully saturated rings. The van der Waals surface area contributed by atoms with Crippen LogP contribution in [0.25, 0.3) is 0 Å². The average Bonchev–Trinajstić information content (AvgIpc) is 2.60. The molecule has 0 radical (unpaired) electrons. The maximum atomic E-state index is 10.3. The SMILES string of the molecule is CCOC[C@H]1O[C@@H](S)[C@H](O)[C@@H](O)[C@@H]1O[C@@H]1O[C@H](CO)[C@H](O)[C@H](O)[C@H]1O. The average molecular weight is 386 g/mol.